The summed E-state index contributed by atoms with van der Waals surface area (Å²) in [6.45, 7) is 3.61. The van der Waals surface area contributed by atoms with Gasteiger partial charge in [-0.2, -0.15) is 0 Å². The van der Waals surface area contributed by atoms with Crippen LogP contribution in [0.15, 0.2) is 42.6 Å². The Kier molecular flexibility index (Phi) is 3.06. The lowest BCUT2D eigenvalue weighted by Gasteiger charge is -2.56. The largest absolute Gasteiger partial charge is 0.352 e. The van der Waals surface area contributed by atoms with E-state index >= 15 is 0 Å². The van der Waals surface area contributed by atoms with E-state index in [0.717, 1.165) is 36.7 Å². The molecule has 112 valence electrons. The molecule has 0 spiro atoms. The number of piperidine rings is 1. The van der Waals surface area contributed by atoms with Crippen molar-refractivity contribution in [1.82, 2.24) is 14.9 Å². The number of rotatable bonds is 2. The second-order valence-electron chi connectivity index (χ2n) is 5.99. The SMILES string of the molecule is Cc1nccc(N2CC3CC(C2)N3C(=O)c2ccccc2)n1. The van der Waals surface area contributed by atoms with Gasteiger partial charge in [0.25, 0.3) is 5.91 Å². The molecule has 5 nitrogen and oxygen atoms in total. The lowest BCUT2D eigenvalue weighted by molar-refractivity contribution is 0.00575. The molecule has 5 heteroatoms. The summed E-state index contributed by atoms with van der Waals surface area (Å²) >= 11 is 0. The summed E-state index contributed by atoms with van der Waals surface area (Å²) in [6, 6.07) is 12.1. The van der Waals surface area contributed by atoms with Gasteiger partial charge in [-0.1, -0.05) is 18.2 Å². The molecule has 22 heavy (non-hydrogen) atoms. The van der Waals surface area contributed by atoms with Gasteiger partial charge < -0.3 is 9.80 Å². The third kappa shape index (κ3) is 2.13. The Morgan fingerprint density at radius 2 is 1.86 bits per heavy atom. The number of carbonyl (C=O) groups excluding carboxylic acids is 1. The number of amides is 1. The summed E-state index contributed by atoms with van der Waals surface area (Å²) in [6.07, 6.45) is 2.89. The number of hydrogen-bond acceptors (Lipinski definition) is 4. The first-order valence-corrected chi connectivity index (χ1v) is 7.64. The number of carbonyl (C=O) groups is 1. The van der Waals surface area contributed by atoms with Gasteiger partial charge in [0, 0.05) is 24.8 Å². The zero-order valence-electron chi connectivity index (χ0n) is 12.5. The van der Waals surface area contributed by atoms with E-state index in [1.807, 2.05) is 48.2 Å². The third-order valence-corrected chi connectivity index (χ3v) is 4.53. The minimum atomic E-state index is 0.153. The van der Waals surface area contributed by atoms with Crippen molar-refractivity contribution in [2.75, 3.05) is 18.0 Å². The van der Waals surface area contributed by atoms with Crippen LogP contribution >= 0.6 is 0 Å². The third-order valence-electron chi connectivity index (χ3n) is 4.53. The molecule has 1 amide bonds. The predicted molar refractivity (Wildman–Crippen MR) is 83.8 cm³/mol. The van der Waals surface area contributed by atoms with Crippen LogP contribution in [-0.4, -0.2) is 45.9 Å². The highest BCUT2D eigenvalue weighted by Crippen LogP contribution is 2.35. The van der Waals surface area contributed by atoms with E-state index in [1.165, 1.54) is 0 Å². The fourth-order valence-electron chi connectivity index (χ4n) is 3.48. The Morgan fingerprint density at radius 3 is 2.55 bits per heavy atom. The van der Waals surface area contributed by atoms with E-state index in [2.05, 4.69) is 14.9 Å². The number of anilines is 1. The topological polar surface area (TPSA) is 49.3 Å². The van der Waals surface area contributed by atoms with Gasteiger partial charge in [-0.15, -0.1) is 0 Å². The second kappa shape index (κ2) is 5.09. The molecule has 0 N–H and O–H groups in total. The van der Waals surface area contributed by atoms with Crippen molar-refractivity contribution in [3.05, 3.63) is 54.0 Å². The van der Waals surface area contributed by atoms with E-state index in [1.54, 1.807) is 6.20 Å². The van der Waals surface area contributed by atoms with Crippen LogP contribution in [-0.2, 0) is 0 Å². The van der Waals surface area contributed by atoms with Crippen molar-refractivity contribution in [3.8, 4) is 0 Å². The van der Waals surface area contributed by atoms with E-state index in [9.17, 15) is 4.79 Å². The van der Waals surface area contributed by atoms with Crippen LogP contribution in [0.3, 0.4) is 0 Å². The molecular weight excluding hydrogens is 276 g/mol. The van der Waals surface area contributed by atoms with Gasteiger partial charge in [0.1, 0.15) is 11.6 Å². The van der Waals surface area contributed by atoms with Crippen molar-refractivity contribution in [3.63, 3.8) is 0 Å². The number of benzene rings is 1. The Morgan fingerprint density at radius 1 is 1.14 bits per heavy atom. The molecular formula is C17H18N4O. The molecule has 2 unspecified atom stereocenters. The zero-order chi connectivity index (χ0) is 15.1. The summed E-state index contributed by atoms with van der Waals surface area (Å²) in [7, 11) is 0. The number of aromatic nitrogens is 2. The first kappa shape index (κ1) is 13.2. The molecule has 3 aliphatic rings. The van der Waals surface area contributed by atoms with Crippen molar-refractivity contribution in [1.29, 1.82) is 0 Å². The van der Waals surface area contributed by atoms with Crippen LogP contribution in [0.25, 0.3) is 0 Å². The Labute approximate surface area is 129 Å². The maximum absolute atomic E-state index is 12.6. The highest BCUT2D eigenvalue weighted by Gasteiger charge is 2.47. The lowest BCUT2D eigenvalue weighted by atomic mass is 9.86. The van der Waals surface area contributed by atoms with Gasteiger partial charge in [-0.3, -0.25) is 4.79 Å². The first-order chi connectivity index (χ1) is 10.7. The molecule has 2 atom stereocenters. The van der Waals surface area contributed by atoms with Gasteiger partial charge in [0.2, 0.25) is 0 Å². The van der Waals surface area contributed by atoms with Gasteiger partial charge in [-0.05, 0) is 31.5 Å². The Hall–Kier alpha value is -2.43. The van der Waals surface area contributed by atoms with Gasteiger partial charge in [0.05, 0.1) is 12.1 Å². The molecule has 3 fully saturated rings. The summed E-state index contributed by atoms with van der Waals surface area (Å²) in [4.78, 5) is 25.6. The van der Waals surface area contributed by atoms with E-state index in [4.69, 9.17) is 0 Å². The molecule has 0 aliphatic carbocycles. The van der Waals surface area contributed by atoms with Crippen molar-refractivity contribution in [2.45, 2.75) is 25.4 Å². The van der Waals surface area contributed by atoms with Crippen LogP contribution in [0, 0.1) is 6.92 Å². The molecule has 4 heterocycles. The summed E-state index contributed by atoms with van der Waals surface area (Å²) in [5.41, 5.74) is 0.781. The number of hydrogen-bond donors (Lipinski definition) is 0. The van der Waals surface area contributed by atoms with Crippen LogP contribution in [0.1, 0.15) is 22.6 Å². The standard InChI is InChI=1S/C17H18N4O/c1-12-18-8-7-16(19-12)20-10-14-9-15(11-20)21(14)17(22)13-5-3-2-4-6-13/h2-8,14-15H,9-11H2,1H3. The smallest absolute Gasteiger partial charge is 0.254 e. The predicted octanol–water partition coefficient (Wildman–Crippen LogP) is 1.89. The molecule has 0 radical (unpaired) electrons. The molecule has 3 aliphatic heterocycles. The van der Waals surface area contributed by atoms with Crippen LogP contribution < -0.4 is 4.90 Å². The number of fused-ring (bicyclic) bond motifs is 2. The van der Waals surface area contributed by atoms with E-state index < -0.39 is 0 Å². The lowest BCUT2D eigenvalue weighted by Crippen LogP contribution is -2.70. The summed E-state index contributed by atoms with van der Waals surface area (Å²) in [5.74, 6) is 1.91. The molecule has 0 saturated carbocycles. The Balaban J connectivity index is 1.50. The fourth-order valence-corrected chi connectivity index (χ4v) is 3.48. The summed E-state index contributed by atoms with van der Waals surface area (Å²) in [5, 5.41) is 0. The Bertz CT molecular complexity index is 691. The molecule has 2 aromatic rings. The van der Waals surface area contributed by atoms with Crippen molar-refractivity contribution >= 4 is 11.7 Å². The van der Waals surface area contributed by atoms with Crippen LogP contribution in [0.2, 0.25) is 0 Å². The van der Waals surface area contributed by atoms with Crippen molar-refractivity contribution in [2.24, 2.45) is 0 Å². The fraction of sp³-hybridized carbons (Fsp3) is 0.353. The zero-order valence-corrected chi connectivity index (χ0v) is 12.5. The van der Waals surface area contributed by atoms with E-state index in [-0.39, 0.29) is 5.91 Å². The quantitative estimate of drug-likeness (QED) is 0.848. The van der Waals surface area contributed by atoms with Gasteiger partial charge in [-0.25, -0.2) is 9.97 Å². The number of nitrogens with zero attached hydrogens (tertiary/aromatic N) is 4. The summed E-state index contributed by atoms with van der Waals surface area (Å²) < 4.78 is 0. The number of piperazine rings is 1. The minimum Gasteiger partial charge on any atom is -0.352 e. The van der Waals surface area contributed by atoms with Crippen molar-refractivity contribution < 1.29 is 4.79 Å². The van der Waals surface area contributed by atoms with Gasteiger partial charge >= 0.3 is 0 Å². The van der Waals surface area contributed by atoms with Crippen LogP contribution in [0.5, 0.6) is 0 Å². The average molecular weight is 294 g/mol. The van der Waals surface area contributed by atoms with Gasteiger partial charge in [0.15, 0.2) is 0 Å². The highest BCUT2D eigenvalue weighted by molar-refractivity contribution is 5.95. The molecule has 2 bridgehead atoms. The molecule has 1 aromatic carbocycles. The first-order valence-electron chi connectivity index (χ1n) is 7.64. The monoisotopic (exact) mass is 294 g/mol. The molecule has 5 rings (SSSR count). The van der Waals surface area contributed by atoms with Crippen LogP contribution in [0.4, 0.5) is 5.82 Å². The second-order valence-corrected chi connectivity index (χ2v) is 5.99. The maximum atomic E-state index is 12.6. The van der Waals surface area contributed by atoms with E-state index in [0.29, 0.717) is 12.1 Å². The highest BCUT2D eigenvalue weighted by atomic mass is 16.2. The maximum Gasteiger partial charge on any atom is 0.254 e. The average Bonchev–Trinajstić information content (AvgIpc) is 2.55. The normalized spacial score (nSPS) is 23.1. The minimum absolute atomic E-state index is 0.153. The number of aryl methyl sites for hydroxylation is 1. The molecule has 3 saturated heterocycles. The molecule has 1 aromatic heterocycles.